The highest BCUT2D eigenvalue weighted by atomic mass is 16.4. The molecule has 1 aromatic heterocycles. The number of aromatic nitrogens is 1. The lowest BCUT2D eigenvalue weighted by Gasteiger charge is -2.25. The Kier molecular flexibility index (Phi) is 5.47. The average Bonchev–Trinajstić information content (AvgIpc) is 2.55. The van der Waals surface area contributed by atoms with E-state index in [9.17, 15) is 14.7 Å². The number of hydrogen-bond acceptors (Lipinski definition) is 3. The second-order valence-electron chi connectivity index (χ2n) is 5.34. The van der Waals surface area contributed by atoms with Crippen molar-refractivity contribution in [1.82, 2.24) is 10.3 Å². The number of carbonyl (C=O) groups excluding carboxylic acids is 1. The van der Waals surface area contributed by atoms with Crippen LogP contribution in [-0.4, -0.2) is 28.5 Å². The molecule has 1 atom stereocenters. The summed E-state index contributed by atoms with van der Waals surface area (Å²) in [7, 11) is 0. The normalized spacial score (nSPS) is 19.8. The quantitative estimate of drug-likeness (QED) is 0.597. The van der Waals surface area contributed by atoms with Crippen LogP contribution in [0.25, 0.3) is 0 Å². The van der Waals surface area contributed by atoms with E-state index >= 15 is 0 Å². The molecule has 0 fully saturated rings. The molecule has 22 heavy (non-hydrogen) atoms. The van der Waals surface area contributed by atoms with E-state index in [0.717, 1.165) is 24.8 Å². The zero-order valence-corrected chi connectivity index (χ0v) is 12.4. The number of aryl methyl sites for hydroxylation is 1. The van der Waals surface area contributed by atoms with Crippen LogP contribution in [0, 0.1) is 5.41 Å². The first-order valence-electron chi connectivity index (χ1n) is 7.40. The van der Waals surface area contributed by atoms with Crippen LogP contribution in [0.5, 0.6) is 0 Å². The average molecular weight is 300 g/mol. The van der Waals surface area contributed by atoms with Crippen LogP contribution in [0.1, 0.15) is 24.8 Å². The summed E-state index contributed by atoms with van der Waals surface area (Å²) >= 11 is 0. The summed E-state index contributed by atoms with van der Waals surface area (Å²) in [6, 6.07) is 3.92. The van der Waals surface area contributed by atoms with Crippen molar-refractivity contribution < 1.29 is 14.7 Å². The molecule has 5 nitrogen and oxygen atoms in total. The number of nitrogens with zero attached hydrogens (tertiary/aromatic N) is 1. The van der Waals surface area contributed by atoms with Gasteiger partial charge in [0.15, 0.2) is 5.41 Å². The van der Waals surface area contributed by atoms with Crippen LogP contribution in [0.2, 0.25) is 0 Å². The van der Waals surface area contributed by atoms with E-state index in [-0.39, 0.29) is 6.42 Å². The molecule has 0 radical (unpaired) electrons. The molecule has 0 bridgehead atoms. The zero-order chi connectivity index (χ0) is 15.8. The molecular weight excluding hydrogens is 280 g/mol. The SMILES string of the molecule is O=C(O)C1(C(=O)NCCCCc2cccnc2)C=CC=CC1. The number of pyridine rings is 1. The molecule has 5 heteroatoms. The van der Waals surface area contributed by atoms with Crippen molar-refractivity contribution in [2.45, 2.75) is 25.7 Å². The maximum absolute atomic E-state index is 12.2. The summed E-state index contributed by atoms with van der Waals surface area (Å²) in [6.07, 6.45) is 12.9. The molecule has 1 aromatic rings. The topological polar surface area (TPSA) is 79.3 Å². The van der Waals surface area contributed by atoms with Crippen LogP contribution >= 0.6 is 0 Å². The van der Waals surface area contributed by atoms with Gasteiger partial charge in [0.25, 0.3) is 0 Å². The molecule has 116 valence electrons. The molecule has 0 aromatic carbocycles. The number of unbranched alkanes of at least 4 members (excludes halogenated alkanes) is 1. The number of allylic oxidation sites excluding steroid dienone is 3. The number of rotatable bonds is 7. The van der Waals surface area contributed by atoms with Crippen molar-refractivity contribution in [2.75, 3.05) is 6.54 Å². The molecule has 1 aliphatic carbocycles. The highest BCUT2D eigenvalue weighted by molar-refractivity contribution is 6.04. The number of amides is 1. The Labute approximate surface area is 129 Å². The largest absolute Gasteiger partial charge is 0.480 e. The van der Waals surface area contributed by atoms with Crippen LogP contribution in [0.3, 0.4) is 0 Å². The number of carbonyl (C=O) groups is 2. The van der Waals surface area contributed by atoms with Crippen molar-refractivity contribution in [3.05, 3.63) is 54.4 Å². The lowest BCUT2D eigenvalue weighted by atomic mass is 9.80. The summed E-state index contributed by atoms with van der Waals surface area (Å²) in [5.41, 5.74) is -0.297. The Bertz CT molecular complexity index is 581. The van der Waals surface area contributed by atoms with E-state index in [0.29, 0.717) is 6.54 Å². The fourth-order valence-electron chi connectivity index (χ4n) is 2.40. The van der Waals surface area contributed by atoms with Gasteiger partial charge in [-0.2, -0.15) is 0 Å². The van der Waals surface area contributed by atoms with Crippen molar-refractivity contribution >= 4 is 11.9 Å². The highest BCUT2D eigenvalue weighted by Crippen LogP contribution is 2.28. The zero-order valence-electron chi connectivity index (χ0n) is 12.4. The monoisotopic (exact) mass is 300 g/mol. The van der Waals surface area contributed by atoms with E-state index in [2.05, 4.69) is 10.3 Å². The number of hydrogen-bond donors (Lipinski definition) is 2. The summed E-state index contributed by atoms with van der Waals surface area (Å²) in [5.74, 6) is -1.55. The van der Waals surface area contributed by atoms with Gasteiger partial charge in [0.05, 0.1) is 0 Å². The van der Waals surface area contributed by atoms with E-state index < -0.39 is 17.3 Å². The van der Waals surface area contributed by atoms with Gasteiger partial charge in [0.1, 0.15) is 0 Å². The lowest BCUT2D eigenvalue weighted by Crippen LogP contribution is -2.45. The Hall–Kier alpha value is -2.43. The van der Waals surface area contributed by atoms with Gasteiger partial charge in [-0.15, -0.1) is 0 Å². The molecule has 1 amide bonds. The Morgan fingerprint density at radius 1 is 1.32 bits per heavy atom. The third-order valence-corrected chi connectivity index (χ3v) is 3.76. The molecule has 0 spiro atoms. The van der Waals surface area contributed by atoms with E-state index in [1.807, 2.05) is 18.3 Å². The van der Waals surface area contributed by atoms with Crippen LogP contribution in [0.4, 0.5) is 0 Å². The second-order valence-corrected chi connectivity index (χ2v) is 5.34. The Morgan fingerprint density at radius 3 is 2.82 bits per heavy atom. The van der Waals surface area contributed by atoms with Gasteiger partial charge in [-0.3, -0.25) is 14.6 Å². The van der Waals surface area contributed by atoms with Gasteiger partial charge in [0, 0.05) is 18.9 Å². The Balaban J connectivity index is 1.76. The van der Waals surface area contributed by atoms with Gasteiger partial charge in [-0.25, -0.2) is 0 Å². The molecule has 1 heterocycles. The minimum absolute atomic E-state index is 0.195. The molecule has 2 N–H and O–H groups in total. The number of aliphatic carboxylic acids is 1. The summed E-state index contributed by atoms with van der Waals surface area (Å²) in [4.78, 5) is 27.7. The lowest BCUT2D eigenvalue weighted by molar-refractivity contribution is -0.152. The molecule has 1 aliphatic rings. The predicted molar refractivity (Wildman–Crippen MR) is 83.2 cm³/mol. The number of carboxylic acids is 1. The minimum Gasteiger partial charge on any atom is -0.480 e. The van der Waals surface area contributed by atoms with Crippen molar-refractivity contribution in [2.24, 2.45) is 5.41 Å². The van der Waals surface area contributed by atoms with Crippen molar-refractivity contribution in [3.8, 4) is 0 Å². The molecule has 0 saturated carbocycles. The van der Waals surface area contributed by atoms with Crippen molar-refractivity contribution in [1.29, 1.82) is 0 Å². The summed E-state index contributed by atoms with van der Waals surface area (Å²) in [5, 5.41) is 12.1. The van der Waals surface area contributed by atoms with Gasteiger partial charge >= 0.3 is 5.97 Å². The van der Waals surface area contributed by atoms with E-state index in [4.69, 9.17) is 0 Å². The van der Waals surface area contributed by atoms with Gasteiger partial charge in [-0.1, -0.05) is 30.4 Å². The molecular formula is C17H20N2O3. The van der Waals surface area contributed by atoms with Crippen LogP contribution < -0.4 is 5.32 Å². The molecule has 0 saturated heterocycles. The minimum atomic E-state index is -1.46. The standard InChI is InChI=1S/C17H20N2O3/c20-15(17(16(21)22)9-3-1-4-10-17)19-12-5-2-7-14-8-6-11-18-13-14/h1,3-4,6,8-9,11,13H,2,5,7,10,12H2,(H,19,20)(H,21,22). The van der Waals surface area contributed by atoms with Crippen LogP contribution in [0.15, 0.2) is 48.8 Å². The fourth-order valence-corrected chi connectivity index (χ4v) is 2.40. The van der Waals surface area contributed by atoms with Gasteiger partial charge in [-0.05, 0) is 37.3 Å². The molecule has 0 aliphatic heterocycles. The number of carboxylic acid groups (broad SMARTS) is 1. The van der Waals surface area contributed by atoms with Crippen molar-refractivity contribution in [3.63, 3.8) is 0 Å². The molecule has 1 unspecified atom stereocenters. The Morgan fingerprint density at radius 2 is 2.18 bits per heavy atom. The van der Waals surface area contributed by atoms with E-state index in [1.54, 1.807) is 24.4 Å². The van der Waals surface area contributed by atoms with Gasteiger partial charge in [0.2, 0.25) is 5.91 Å². The third kappa shape index (κ3) is 3.81. The van der Waals surface area contributed by atoms with E-state index in [1.165, 1.54) is 6.08 Å². The first kappa shape index (κ1) is 15.9. The predicted octanol–water partition coefficient (Wildman–Crippen LogP) is 2.11. The molecule has 2 rings (SSSR count). The highest BCUT2D eigenvalue weighted by Gasteiger charge is 2.43. The fraction of sp³-hybridized carbons (Fsp3) is 0.353. The maximum Gasteiger partial charge on any atom is 0.323 e. The third-order valence-electron chi connectivity index (χ3n) is 3.76. The maximum atomic E-state index is 12.2. The summed E-state index contributed by atoms with van der Waals surface area (Å²) in [6.45, 7) is 0.478. The van der Waals surface area contributed by atoms with Gasteiger partial charge < -0.3 is 10.4 Å². The number of nitrogens with one attached hydrogen (secondary N) is 1. The second kappa shape index (κ2) is 7.54. The smallest absolute Gasteiger partial charge is 0.323 e. The first-order valence-corrected chi connectivity index (χ1v) is 7.40. The summed E-state index contributed by atoms with van der Waals surface area (Å²) < 4.78 is 0. The first-order chi connectivity index (χ1) is 10.6. The van der Waals surface area contributed by atoms with Crippen LogP contribution in [-0.2, 0) is 16.0 Å².